The Morgan fingerprint density at radius 2 is 2.25 bits per heavy atom. The van der Waals surface area contributed by atoms with Crippen molar-refractivity contribution in [1.82, 2.24) is 4.98 Å². The van der Waals surface area contributed by atoms with E-state index in [4.69, 9.17) is 4.42 Å². The summed E-state index contributed by atoms with van der Waals surface area (Å²) in [5.41, 5.74) is 0.898. The van der Waals surface area contributed by atoms with Crippen LogP contribution in [0.25, 0.3) is 0 Å². The summed E-state index contributed by atoms with van der Waals surface area (Å²) in [5, 5.41) is 0. The summed E-state index contributed by atoms with van der Waals surface area (Å²) < 4.78 is 5.19. The summed E-state index contributed by atoms with van der Waals surface area (Å²) in [6.45, 7) is 9.22. The third-order valence-electron chi connectivity index (χ3n) is 1.29. The van der Waals surface area contributed by atoms with Crippen LogP contribution < -0.4 is 0 Å². The number of aliphatic imine (C=N–C) groups is 1. The zero-order valence-corrected chi connectivity index (χ0v) is 7.59. The molecule has 0 bridgehead atoms. The van der Waals surface area contributed by atoms with E-state index in [1.54, 1.807) is 13.1 Å². The molecule has 64 valence electrons. The van der Waals surface area contributed by atoms with Crippen LogP contribution in [-0.2, 0) is 0 Å². The first-order chi connectivity index (χ1) is 5.59. The lowest BCUT2D eigenvalue weighted by Crippen LogP contribution is -1.74. The lowest BCUT2D eigenvalue weighted by molar-refractivity contribution is 0.494. The first-order valence-electron chi connectivity index (χ1n) is 3.73. The number of oxazole rings is 1. The van der Waals surface area contributed by atoms with E-state index >= 15 is 0 Å². The Morgan fingerprint density at radius 1 is 1.58 bits per heavy atom. The molecule has 0 saturated carbocycles. The van der Waals surface area contributed by atoms with Crippen LogP contribution in [0.15, 0.2) is 21.6 Å². The van der Waals surface area contributed by atoms with Gasteiger partial charge >= 0.3 is 0 Å². The molecule has 1 aromatic rings. The highest BCUT2D eigenvalue weighted by Crippen LogP contribution is 2.17. The molecule has 1 rings (SSSR count). The van der Waals surface area contributed by atoms with Crippen LogP contribution in [0.3, 0.4) is 0 Å². The van der Waals surface area contributed by atoms with Crippen molar-refractivity contribution >= 4 is 12.0 Å². The molecule has 0 spiro atoms. The molecule has 0 unspecified atom stereocenters. The summed E-state index contributed by atoms with van der Waals surface area (Å²) >= 11 is 0. The van der Waals surface area contributed by atoms with E-state index in [1.807, 2.05) is 13.8 Å². The van der Waals surface area contributed by atoms with Gasteiger partial charge < -0.3 is 4.42 Å². The van der Waals surface area contributed by atoms with E-state index in [9.17, 15) is 0 Å². The van der Waals surface area contributed by atoms with Crippen molar-refractivity contribution in [3.63, 3.8) is 0 Å². The van der Waals surface area contributed by atoms with Crippen molar-refractivity contribution in [3.05, 3.63) is 23.8 Å². The quantitative estimate of drug-likeness (QED) is 0.630. The van der Waals surface area contributed by atoms with Crippen molar-refractivity contribution in [2.75, 3.05) is 0 Å². The highest BCUT2D eigenvalue weighted by Gasteiger charge is 2.02. The number of hydrogen-bond acceptors (Lipinski definition) is 3. The Hall–Kier alpha value is -1.38. The standard InChI is InChI=1S/C9H12N2O/c1-6(2)5-10-9-7(3)12-8(4)11-9/h5H,1H2,2-4H3. The van der Waals surface area contributed by atoms with Gasteiger partial charge in [-0.2, -0.15) is 4.98 Å². The van der Waals surface area contributed by atoms with E-state index < -0.39 is 0 Å². The summed E-state index contributed by atoms with van der Waals surface area (Å²) in [6, 6.07) is 0. The Balaban J connectivity index is 2.89. The zero-order valence-electron chi connectivity index (χ0n) is 7.59. The number of nitrogens with zero attached hydrogens (tertiary/aromatic N) is 2. The normalized spacial score (nSPS) is 10.9. The first kappa shape index (κ1) is 8.71. The molecule has 0 saturated heterocycles. The smallest absolute Gasteiger partial charge is 0.194 e. The number of allylic oxidation sites excluding steroid dienone is 1. The maximum absolute atomic E-state index is 5.19. The van der Waals surface area contributed by atoms with Crippen molar-refractivity contribution in [2.45, 2.75) is 20.8 Å². The molecule has 0 N–H and O–H groups in total. The number of hydrogen-bond donors (Lipinski definition) is 0. The second-order valence-corrected chi connectivity index (χ2v) is 2.72. The average molecular weight is 164 g/mol. The van der Waals surface area contributed by atoms with Gasteiger partial charge in [-0.05, 0) is 19.4 Å². The van der Waals surface area contributed by atoms with Crippen molar-refractivity contribution in [3.8, 4) is 0 Å². The minimum Gasteiger partial charge on any atom is -0.444 e. The molecule has 0 aliphatic carbocycles. The molecule has 1 heterocycles. The van der Waals surface area contributed by atoms with Gasteiger partial charge in [0.25, 0.3) is 0 Å². The average Bonchev–Trinajstić information content (AvgIpc) is 2.26. The predicted octanol–water partition coefficient (Wildman–Crippen LogP) is 2.57. The van der Waals surface area contributed by atoms with Crippen LogP contribution in [0.4, 0.5) is 5.82 Å². The molecular weight excluding hydrogens is 152 g/mol. The molecule has 12 heavy (non-hydrogen) atoms. The van der Waals surface area contributed by atoms with Gasteiger partial charge in [0.15, 0.2) is 11.7 Å². The number of aryl methyl sites for hydroxylation is 2. The zero-order chi connectivity index (χ0) is 9.14. The van der Waals surface area contributed by atoms with Crippen LogP contribution in [-0.4, -0.2) is 11.2 Å². The SMILES string of the molecule is C=C(C)C=Nc1nc(C)oc1C. The molecule has 0 atom stereocenters. The van der Waals surface area contributed by atoms with E-state index in [-0.39, 0.29) is 0 Å². The molecule has 0 amide bonds. The summed E-state index contributed by atoms with van der Waals surface area (Å²) in [6.07, 6.45) is 1.67. The number of aromatic nitrogens is 1. The fourth-order valence-electron chi connectivity index (χ4n) is 0.809. The molecule has 0 aliphatic heterocycles. The van der Waals surface area contributed by atoms with Crippen LogP contribution in [0.2, 0.25) is 0 Å². The lowest BCUT2D eigenvalue weighted by Gasteiger charge is -1.85. The summed E-state index contributed by atoms with van der Waals surface area (Å²) in [5.74, 6) is 2.02. The van der Waals surface area contributed by atoms with Crippen LogP contribution in [0.5, 0.6) is 0 Å². The fourth-order valence-corrected chi connectivity index (χ4v) is 0.809. The van der Waals surface area contributed by atoms with Crippen LogP contribution in [0.1, 0.15) is 18.6 Å². The Morgan fingerprint density at radius 3 is 2.67 bits per heavy atom. The maximum atomic E-state index is 5.19. The monoisotopic (exact) mass is 164 g/mol. The van der Waals surface area contributed by atoms with Crippen LogP contribution >= 0.6 is 0 Å². The molecule has 1 aromatic heterocycles. The highest BCUT2D eigenvalue weighted by atomic mass is 16.4. The van der Waals surface area contributed by atoms with Gasteiger partial charge in [0, 0.05) is 13.1 Å². The Labute approximate surface area is 71.8 Å². The van der Waals surface area contributed by atoms with Crippen LogP contribution in [0, 0.1) is 13.8 Å². The van der Waals surface area contributed by atoms with E-state index in [0.29, 0.717) is 11.7 Å². The summed E-state index contributed by atoms with van der Waals surface area (Å²) in [4.78, 5) is 8.17. The highest BCUT2D eigenvalue weighted by molar-refractivity contribution is 5.79. The third kappa shape index (κ3) is 2.05. The second-order valence-electron chi connectivity index (χ2n) is 2.72. The summed E-state index contributed by atoms with van der Waals surface area (Å²) in [7, 11) is 0. The van der Waals surface area contributed by atoms with Crippen molar-refractivity contribution in [1.29, 1.82) is 0 Å². The lowest BCUT2D eigenvalue weighted by atomic mass is 10.4. The molecule has 3 heteroatoms. The Kier molecular flexibility index (Phi) is 2.43. The second kappa shape index (κ2) is 3.34. The molecule has 0 aromatic carbocycles. The van der Waals surface area contributed by atoms with Gasteiger partial charge in [0.1, 0.15) is 5.76 Å². The van der Waals surface area contributed by atoms with E-state index in [1.165, 1.54) is 0 Å². The van der Waals surface area contributed by atoms with Gasteiger partial charge in [-0.1, -0.05) is 6.58 Å². The largest absolute Gasteiger partial charge is 0.444 e. The molecule has 0 radical (unpaired) electrons. The molecule has 0 fully saturated rings. The van der Waals surface area contributed by atoms with Crippen molar-refractivity contribution in [2.24, 2.45) is 4.99 Å². The van der Waals surface area contributed by atoms with Gasteiger partial charge in [-0.25, -0.2) is 4.99 Å². The fraction of sp³-hybridized carbons (Fsp3) is 0.333. The third-order valence-corrected chi connectivity index (χ3v) is 1.29. The maximum Gasteiger partial charge on any atom is 0.194 e. The predicted molar refractivity (Wildman–Crippen MR) is 48.9 cm³/mol. The topological polar surface area (TPSA) is 38.4 Å². The van der Waals surface area contributed by atoms with Gasteiger partial charge in [0.2, 0.25) is 0 Å². The van der Waals surface area contributed by atoms with Gasteiger partial charge in [-0.15, -0.1) is 0 Å². The van der Waals surface area contributed by atoms with Crippen molar-refractivity contribution < 1.29 is 4.42 Å². The van der Waals surface area contributed by atoms with Gasteiger partial charge in [-0.3, -0.25) is 0 Å². The first-order valence-corrected chi connectivity index (χ1v) is 3.73. The minimum absolute atomic E-state index is 0.635. The van der Waals surface area contributed by atoms with Gasteiger partial charge in [0.05, 0.1) is 0 Å². The molecule has 0 aliphatic rings. The molecular formula is C9H12N2O. The molecule has 3 nitrogen and oxygen atoms in total. The Bertz CT molecular complexity index is 323. The number of rotatable bonds is 2. The minimum atomic E-state index is 0.635. The van der Waals surface area contributed by atoms with E-state index in [0.717, 1.165) is 11.3 Å². The van der Waals surface area contributed by atoms with E-state index in [2.05, 4.69) is 16.6 Å².